The third-order valence-electron chi connectivity index (χ3n) is 1.71. The molecule has 1 unspecified atom stereocenters. The molecule has 0 bridgehead atoms. The van der Waals surface area contributed by atoms with Gasteiger partial charge in [-0.05, 0) is 23.8 Å². The summed E-state index contributed by atoms with van der Waals surface area (Å²) in [7, 11) is 1.45. The SMILES string of the molecule is COC(=O)CC1CCSC1. The van der Waals surface area contributed by atoms with Crippen molar-refractivity contribution in [2.45, 2.75) is 12.8 Å². The lowest BCUT2D eigenvalue weighted by molar-refractivity contribution is -0.141. The highest BCUT2D eigenvalue weighted by molar-refractivity contribution is 7.99. The molecule has 0 aromatic heterocycles. The highest BCUT2D eigenvalue weighted by Gasteiger charge is 2.18. The van der Waals surface area contributed by atoms with Crippen molar-refractivity contribution in [2.75, 3.05) is 18.6 Å². The second-order valence-corrected chi connectivity index (χ2v) is 3.66. The van der Waals surface area contributed by atoms with Gasteiger partial charge < -0.3 is 4.74 Å². The highest BCUT2D eigenvalue weighted by Crippen LogP contribution is 2.25. The lowest BCUT2D eigenvalue weighted by atomic mass is 10.1. The van der Waals surface area contributed by atoms with Crippen molar-refractivity contribution in [1.82, 2.24) is 0 Å². The van der Waals surface area contributed by atoms with Gasteiger partial charge in [-0.15, -0.1) is 0 Å². The van der Waals surface area contributed by atoms with Gasteiger partial charge in [-0.25, -0.2) is 0 Å². The summed E-state index contributed by atoms with van der Waals surface area (Å²) in [6.45, 7) is 0. The van der Waals surface area contributed by atoms with Crippen molar-refractivity contribution < 1.29 is 9.53 Å². The molecule has 0 spiro atoms. The molecular weight excluding hydrogens is 148 g/mol. The molecule has 0 aromatic rings. The van der Waals surface area contributed by atoms with Gasteiger partial charge >= 0.3 is 5.97 Å². The molecule has 1 aliphatic heterocycles. The lowest BCUT2D eigenvalue weighted by Gasteiger charge is -2.04. The van der Waals surface area contributed by atoms with Crippen LogP contribution in [0.4, 0.5) is 0 Å². The Hall–Kier alpha value is -0.180. The number of esters is 1. The molecule has 58 valence electrons. The van der Waals surface area contributed by atoms with E-state index in [2.05, 4.69) is 4.74 Å². The summed E-state index contributed by atoms with van der Waals surface area (Å²) in [6, 6.07) is 0. The molecule has 0 aromatic carbocycles. The lowest BCUT2D eigenvalue weighted by Crippen LogP contribution is -2.08. The molecule has 1 atom stereocenters. The number of ether oxygens (including phenoxy) is 1. The Balaban J connectivity index is 2.17. The van der Waals surface area contributed by atoms with Crippen LogP contribution in [-0.4, -0.2) is 24.6 Å². The third kappa shape index (κ3) is 2.21. The van der Waals surface area contributed by atoms with Gasteiger partial charge in [0.15, 0.2) is 0 Å². The summed E-state index contributed by atoms with van der Waals surface area (Å²) in [5, 5.41) is 0. The average Bonchev–Trinajstić information content (AvgIpc) is 2.40. The Morgan fingerprint density at radius 3 is 3.10 bits per heavy atom. The predicted molar refractivity (Wildman–Crippen MR) is 42.1 cm³/mol. The van der Waals surface area contributed by atoms with Crippen LogP contribution in [0, 0.1) is 5.92 Å². The van der Waals surface area contributed by atoms with Gasteiger partial charge in [0.25, 0.3) is 0 Å². The van der Waals surface area contributed by atoms with E-state index in [4.69, 9.17) is 0 Å². The molecule has 3 heteroatoms. The standard InChI is InChI=1S/C7H12O2S/c1-9-7(8)4-6-2-3-10-5-6/h6H,2-5H2,1H3. The van der Waals surface area contributed by atoms with Gasteiger partial charge in [0, 0.05) is 6.42 Å². The average molecular weight is 160 g/mol. The molecule has 0 amide bonds. The normalized spacial score (nSPS) is 24.7. The number of methoxy groups -OCH3 is 1. The van der Waals surface area contributed by atoms with Crippen molar-refractivity contribution in [2.24, 2.45) is 5.92 Å². The first-order valence-electron chi connectivity index (χ1n) is 3.47. The van der Waals surface area contributed by atoms with Crippen molar-refractivity contribution in [3.63, 3.8) is 0 Å². The molecule has 1 saturated heterocycles. The van der Waals surface area contributed by atoms with Crippen molar-refractivity contribution in [1.29, 1.82) is 0 Å². The van der Waals surface area contributed by atoms with E-state index < -0.39 is 0 Å². The zero-order valence-electron chi connectivity index (χ0n) is 6.13. The highest BCUT2D eigenvalue weighted by atomic mass is 32.2. The molecule has 1 rings (SSSR count). The molecule has 10 heavy (non-hydrogen) atoms. The second-order valence-electron chi connectivity index (χ2n) is 2.51. The van der Waals surface area contributed by atoms with E-state index in [0.717, 1.165) is 5.75 Å². The van der Waals surface area contributed by atoms with Crippen LogP contribution in [0.1, 0.15) is 12.8 Å². The molecule has 1 heterocycles. The Morgan fingerprint density at radius 1 is 1.80 bits per heavy atom. The van der Waals surface area contributed by atoms with Gasteiger partial charge in [0.1, 0.15) is 0 Å². The Morgan fingerprint density at radius 2 is 2.60 bits per heavy atom. The van der Waals surface area contributed by atoms with E-state index in [0.29, 0.717) is 12.3 Å². The van der Waals surface area contributed by atoms with Crippen LogP contribution in [0.15, 0.2) is 0 Å². The van der Waals surface area contributed by atoms with Crippen LogP contribution in [0.25, 0.3) is 0 Å². The summed E-state index contributed by atoms with van der Waals surface area (Å²) in [5.41, 5.74) is 0. The third-order valence-corrected chi connectivity index (χ3v) is 2.94. The van der Waals surface area contributed by atoms with Crippen molar-refractivity contribution in [3.05, 3.63) is 0 Å². The maximum absolute atomic E-state index is 10.7. The van der Waals surface area contributed by atoms with E-state index in [9.17, 15) is 4.79 Å². The molecule has 0 saturated carbocycles. The molecule has 0 aliphatic carbocycles. The maximum Gasteiger partial charge on any atom is 0.305 e. The van der Waals surface area contributed by atoms with E-state index >= 15 is 0 Å². The first-order chi connectivity index (χ1) is 4.83. The maximum atomic E-state index is 10.7. The fourth-order valence-corrected chi connectivity index (χ4v) is 2.35. The predicted octanol–water partition coefficient (Wildman–Crippen LogP) is 1.30. The first-order valence-corrected chi connectivity index (χ1v) is 4.63. The second kappa shape index (κ2) is 3.86. The molecule has 0 N–H and O–H groups in total. The minimum atomic E-state index is -0.0625. The van der Waals surface area contributed by atoms with Gasteiger partial charge in [-0.2, -0.15) is 11.8 Å². The van der Waals surface area contributed by atoms with Gasteiger partial charge in [-0.3, -0.25) is 4.79 Å². The van der Waals surface area contributed by atoms with Crippen LogP contribution in [0.3, 0.4) is 0 Å². The number of carbonyl (C=O) groups excluding carboxylic acids is 1. The summed E-state index contributed by atoms with van der Waals surface area (Å²) in [5.74, 6) is 2.86. The fraction of sp³-hybridized carbons (Fsp3) is 0.857. The molecular formula is C7H12O2S. The van der Waals surface area contributed by atoms with Crippen molar-refractivity contribution in [3.8, 4) is 0 Å². The fourth-order valence-electron chi connectivity index (χ4n) is 1.06. The molecule has 1 aliphatic rings. The number of rotatable bonds is 2. The summed E-state index contributed by atoms with van der Waals surface area (Å²) in [6.07, 6.45) is 1.79. The molecule has 0 radical (unpaired) electrons. The number of thioether (sulfide) groups is 1. The monoisotopic (exact) mass is 160 g/mol. The van der Waals surface area contributed by atoms with Gasteiger partial charge in [0.05, 0.1) is 7.11 Å². The van der Waals surface area contributed by atoms with Crippen LogP contribution in [0.2, 0.25) is 0 Å². The summed E-state index contributed by atoms with van der Waals surface area (Å²) in [4.78, 5) is 10.7. The summed E-state index contributed by atoms with van der Waals surface area (Å²) < 4.78 is 4.56. The Kier molecular flexibility index (Phi) is 3.06. The minimum absolute atomic E-state index is 0.0625. The minimum Gasteiger partial charge on any atom is -0.469 e. The molecule has 2 nitrogen and oxygen atoms in total. The van der Waals surface area contributed by atoms with Crippen LogP contribution >= 0.6 is 11.8 Å². The van der Waals surface area contributed by atoms with E-state index in [-0.39, 0.29) is 5.97 Å². The van der Waals surface area contributed by atoms with E-state index in [1.165, 1.54) is 19.3 Å². The quantitative estimate of drug-likeness (QED) is 0.570. The van der Waals surface area contributed by atoms with Gasteiger partial charge in [-0.1, -0.05) is 0 Å². The topological polar surface area (TPSA) is 26.3 Å². The van der Waals surface area contributed by atoms with E-state index in [1.54, 1.807) is 0 Å². The number of carbonyl (C=O) groups is 1. The summed E-state index contributed by atoms with van der Waals surface area (Å²) >= 11 is 1.93. The van der Waals surface area contributed by atoms with Crippen molar-refractivity contribution >= 4 is 17.7 Å². The molecule has 1 fully saturated rings. The zero-order valence-corrected chi connectivity index (χ0v) is 6.95. The van der Waals surface area contributed by atoms with Gasteiger partial charge in [0.2, 0.25) is 0 Å². The van der Waals surface area contributed by atoms with Crippen LogP contribution < -0.4 is 0 Å². The zero-order chi connectivity index (χ0) is 7.40. The van der Waals surface area contributed by atoms with E-state index in [1.807, 2.05) is 11.8 Å². The smallest absolute Gasteiger partial charge is 0.305 e. The Bertz CT molecular complexity index is 119. The largest absolute Gasteiger partial charge is 0.469 e. The number of hydrogen-bond acceptors (Lipinski definition) is 3. The number of hydrogen-bond donors (Lipinski definition) is 0. The van der Waals surface area contributed by atoms with Crippen LogP contribution in [-0.2, 0) is 9.53 Å². The first kappa shape index (κ1) is 7.92. The Labute approximate surface area is 65.3 Å². The van der Waals surface area contributed by atoms with Crippen LogP contribution in [0.5, 0.6) is 0 Å².